The van der Waals surface area contributed by atoms with Crippen molar-refractivity contribution in [3.63, 3.8) is 0 Å². The first-order valence-corrected chi connectivity index (χ1v) is 17.2. The van der Waals surface area contributed by atoms with Crippen LogP contribution in [0.5, 0.6) is 0 Å². The van der Waals surface area contributed by atoms with E-state index >= 15 is 0 Å². The average molecular weight is 590 g/mol. The predicted octanol–water partition coefficient (Wildman–Crippen LogP) is 8.96. The van der Waals surface area contributed by atoms with Crippen LogP contribution in [0.1, 0.15) is 86.6 Å². The number of hydrogen-bond donors (Lipinski definition) is 2. The molecule has 3 aromatic carbocycles. The summed E-state index contributed by atoms with van der Waals surface area (Å²) in [6, 6.07) is 25.2. The van der Waals surface area contributed by atoms with Gasteiger partial charge in [0.1, 0.15) is 12.0 Å². The molecule has 3 heteroatoms. The highest BCUT2D eigenvalue weighted by Gasteiger charge is 2.47. The van der Waals surface area contributed by atoms with Crippen molar-refractivity contribution in [3.8, 4) is 11.1 Å². The molecule has 1 aliphatic heterocycles. The third kappa shape index (κ3) is 4.16. The van der Waals surface area contributed by atoms with Gasteiger partial charge in [-0.25, -0.2) is 4.99 Å². The molecule has 4 unspecified atom stereocenters. The molecule has 1 saturated carbocycles. The Morgan fingerprint density at radius 1 is 0.756 bits per heavy atom. The Balaban J connectivity index is 1.10. The van der Waals surface area contributed by atoms with Crippen LogP contribution in [0.25, 0.3) is 16.7 Å². The topological polar surface area (TPSA) is 36.4 Å². The van der Waals surface area contributed by atoms with Gasteiger partial charge in [0.25, 0.3) is 0 Å². The van der Waals surface area contributed by atoms with Crippen LogP contribution < -0.4 is 10.6 Å². The molecule has 2 N–H and O–H groups in total. The Kier molecular flexibility index (Phi) is 6.26. The van der Waals surface area contributed by atoms with Gasteiger partial charge in [-0.3, -0.25) is 5.32 Å². The van der Waals surface area contributed by atoms with Gasteiger partial charge in [0.2, 0.25) is 0 Å². The quantitative estimate of drug-likeness (QED) is 0.320. The molecule has 1 spiro atoms. The second-order valence-electron chi connectivity index (χ2n) is 14.7. The fourth-order valence-corrected chi connectivity index (χ4v) is 9.53. The number of nitrogens with zero attached hydrogens (tertiary/aromatic N) is 1. The molecule has 3 aromatic rings. The van der Waals surface area contributed by atoms with Crippen LogP contribution in [0.4, 0.5) is 0 Å². The molecule has 0 saturated heterocycles. The van der Waals surface area contributed by atoms with Crippen molar-refractivity contribution in [3.05, 3.63) is 137 Å². The van der Waals surface area contributed by atoms with E-state index in [1.807, 2.05) is 0 Å². The number of hydrogen-bond acceptors (Lipinski definition) is 3. The standard InChI is InChI=1S/C42H43N3/c1-41(2)34-21-20-29(40-44-38(27-14-6-3-7-15-27)43-39(45-40)28-16-8-4-9-17-28)24-31(34)33-25-32-30-18-10-11-19-35(30)42(22-12-5-13-23-42)37(32)26-36(33)41/h3-4,6-11,14-16,18-21,25-26,28-29,39-40,45H,5,12-13,17,22-24H2,1-2H3,(H,43,44). The zero-order chi connectivity index (χ0) is 30.2. The van der Waals surface area contributed by atoms with E-state index in [0.717, 1.165) is 24.2 Å². The molecule has 3 nitrogen and oxygen atoms in total. The van der Waals surface area contributed by atoms with Crippen LogP contribution in [0.3, 0.4) is 0 Å². The SMILES string of the molecule is CC1(C)C2=C(CC(C3N=C(c4ccccc4)NC(C4C=CC=CC4)N3)C=C2)c2cc3c(cc21)C1(CCCCC1)c1ccccc1-3. The first-order chi connectivity index (χ1) is 22.0. The normalized spacial score (nSPS) is 28.3. The lowest BCUT2D eigenvalue weighted by Gasteiger charge is -2.39. The Morgan fingerprint density at radius 3 is 2.40 bits per heavy atom. The molecule has 0 bridgehead atoms. The Bertz CT molecular complexity index is 1830. The minimum absolute atomic E-state index is 0.00360. The molecule has 0 radical (unpaired) electrons. The van der Waals surface area contributed by atoms with Gasteiger partial charge in [-0.15, -0.1) is 0 Å². The second-order valence-corrected chi connectivity index (χ2v) is 14.7. The Labute approximate surface area is 268 Å². The molecular weight excluding hydrogens is 546 g/mol. The first-order valence-electron chi connectivity index (χ1n) is 17.2. The predicted molar refractivity (Wildman–Crippen MR) is 186 cm³/mol. The molecule has 45 heavy (non-hydrogen) atoms. The summed E-state index contributed by atoms with van der Waals surface area (Å²) < 4.78 is 0. The van der Waals surface area contributed by atoms with Crippen molar-refractivity contribution in [1.29, 1.82) is 0 Å². The molecule has 5 aliphatic carbocycles. The fraction of sp³-hybridized carbons (Fsp3) is 0.357. The number of nitrogens with one attached hydrogen (secondary N) is 2. The molecule has 6 aliphatic rings. The number of aliphatic imine (C=N–C) groups is 1. The van der Waals surface area contributed by atoms with Crippen molar-refractivity contribution >= 4 is 11.4 Å². The van der Waals surface area contributed by atoms with Gasteiger partial charge in [-0.2, -0.15) is 0 Å². The van der Waals surface area contributed by atoms with Crippen molar-refractivity contribution in [2.24, 2.45) is 16.8 Å². The van der Waals surface area contributed by atoms with E-state index in [-0.39, 0.29) is 29.1 Å². The largest absolute Gasteiger partial charge is 0.354 e. The van der Waals surface area contributed by atoms with Gasteiger partial charge in [0, 0.05) is 28.2 Å². The van der Waals surface area contributed by atoms with Gasteiger partial charge >= 0.3 is 0 Å². The Morgan fingerprint density at radius 2 is 1.58 bits per heavy atom. The average Bonchev–Trinajstić information content (AvgIpc) is 3.49. The highest BCUT2D eigenvalue weighted by molar-refractivity contribution is 5.99. The van der Waals surface area contributed by atoms with E-state index < -0.39 is 0 Å². The highest BCUT2D eigenvalue weighted by atomic mass is 15.3. The van der Waals surface area contributed by atoms with Crippen molar-refractivity contribution in [1.82, 2.24) is 10.6 Å². The van der Waals surface area contributed by atoms with Gasteiger partial charge in [-0.1, -0.05) is 130 Å². The summed E-state index contributed by atoms with van der Waals surface area (Å²) in [6.45, 7) is 4.91. The molecule has 226 valence electrons. The summed E-state index contributed by atoms with van der Waals surface area (Å²) in [5.74, 6) is 1.66. The van der Waals surface area contributed by atoms with Crippen LogP contribution in [0.2, 0.25) is 0 Å². The van der Waals surface area contributed by atoms with Crippen LogP contribution >= 0.6 is 0 Å². The first kappa shape index (κ1) is 27.4. The van der Waals surface area contributed by atoms with E-state index in [2.05, 4.69) is 128 Å². The maximum absolute atomic E-state index is 5.35. The van der Waals surface area contributed by atoms with Gasteiger partial charge in [-0.05, 0) is 76.3 Å². The van der Waals surface area contributed by atoms with E-state index in [9.17, 15) is 0 Å². The van der Waals surface area contributed by atoms with Crippen molar-refractivity contribution < 1.29 is 0 Å². The lowest BCUT2D eigenvalue weighted by atomic mass is 9.67. The maximum atomic E-state index is 5.35. The minimum atomic E-state index is -0.00637. The third-order valence-electron chi connectivity index (χ3n) is 11.9. The monoisotopic (exact) mass is 589 g/mol. The third-order valence-corrected chi connectivity index (χ3v) is 11.9. The lowest BCUT2D eigenvalue weighted by Crippen LogP contribution is -2.59. The maximum Gasteiger partial charge on any atom is 0.131 e. The van der Waals surface area contributed by atoms with Gasteiger partial charge in [0.15, 0.2) is 0 Å². The van der Waals surface area contributed by atoms with Gasteiger partial charge in [0.05, 0.1) is 6.17 Å². The summed E-state index contributed by atoms with van der Waals surface area (Å²) in [7, 11) is 0. The van der Waals surface area contributed by atoms with Crippen LogP contribution in [-0.2, 0) is 10.8 Å². The van der Waals surface area contributed by atoms with Gasteiger partial charge < -0.3 is 5.32 Å². The summed E-state index contributed by atoms with van der Waals surface area (Å²) in [5.41, 5.74) is 13.5. The minimum Gasteiger partial charge on any atom is -0.354 e. The molecule has 9 rings (SSSR count). The lowest BCUT2D eigenvalue weighted by molar-refractivity contribution is 0.289. The van der Waals surface area contributed by atoms with E-state index in [1.54, 1.807) is 11.1 Å². The van der Waals surface area contributed by atoms with Crippen molar-refractivity contribution in [2.45, 2.75) is 82.0 Å². The summed E-state index contributed by atoms with van der Waals surface area (Å²) >= 11 is 0. The van der Waals surface area contributed by atoms with E-state index in [0.29, 0.717) is 5.92 Å². The number of fused-ring (bicyclic) bond motifs is 7. The zero-order valence-electron chi connectivity index (χ0n) is 26.5. The Hall–Kier alpha value is -3.95. The van der Waals surface area contributed by atoms with Crippen LogP contribution in [0, 0.1) is 11.8 Å². The number of benzene rings is 3. The fourth-order valence-electron chi connectivity index (χ4n) is 9.53. The summed E-state index contributed by atoms with van der Waals surface area (Å²) in [4.78, 5) is 5.35. The molecule has 0 amide bonds. The highest BCUT2D eigenvalue weighted by Crippen LogP contribution is 2.60. The summed E-state index contributed by atoms with van der Waals surface area (Å²) in [6.07, 6.45) is 22.6. The zero-order valence-corrected chi connectivity index (χ0v) is 26.5. The number of allylic oxidation sites excluding steroid dienone is 6. The second kappa shape index (κ2) is 10.3. The number of amidine groups is 1. The van der Waals surface area contributed by atoms with Crippen LogP contribution in [0.15, 0.2) is 114 Å². The van der Waals surface area contributed by atoms with E-state index in [1.165, 1.54) is 65.5 Å². The molecular formula is C42H43N3. The molecule has 0 aromatic heterocycles. The molecule has 1 fully saturated rings. The summed E-state index contributed by atoms with van der Waals surface area (Å²) in [5, 5.41) is 7.72. The smallest absolute Gasteiger partial charge is 0.131 e. The molecule has 1 heterocycles. The van der Waals surface area contributed by atoms with Crippen LogP contribution in [-0.4, -0.2) is 18.2 Å². The number of rotatable bonds is 3. The molecule has 4 atom stereocenters. The van der Waals surface area contributed by atoms with Crippen molar-refractivity contribution in [2.75, 3.05) is 0 Å². The van der Waals surface area contributed by atoms with E-state index in [4.69, 9.17) is 4.99 Å².